The first-order valence-corrected chi connectivity index (χ1v) is 5.59. The fourth-order valence-corrected chi connectivity index (χ4v) is 1.51. The largest absolute Gasteiger partial charge is 0.394 e. The molecule has 1 aromatic rings. The molecule has 0 saturated carbocycles. The van der Waals surface area contributed by atoms with Crippen molar-refractivity contribution in [3.05, 3.63) is 22.4 Å². The van der Waals surface area contributed by atoms with Gasteiger partial charge in [0.2, 0.25) is 0 Å². The molecule has 0 bridgehead atoms. The number of aliphatic hydroxyl groups excluding tert-OH is 1. The van der Waals surface area contributed by atoms with Gasteiger partial charge in [0.15, 0.2) is 0 Å². The Morgan fingerprint density at radius 3 is 2.73 bits per heavy atom. The highest BCUT2D eigenvalue weighted by Crippen LogP contribution is 2.11. The Labute approximate surface area is 97.2 Å². The van der Waals surface area contributed by atoms with Gasteiger partial charge in [0.25, 0.3) is 5.91 Å². The van der Waals surface area contributed by atoms with Gasteiger partial charge in [0.05, 0.1) is 12.6 Å². The fourth-order valence-electron chi connectivity index (χ4n) is 1.17. The normalized spacial score (nSPS) is 12.9. The third-order valence-electron chi connectivity index (χ3n) is 2.21. The zero-order valence-electron chi connectivity index (χ0n) is 8.75. The number of aromatic nitrogens is 1. The van der Waals surface area contributed by atoms with Crippen LogP contribution >= 0.6 is 15.9 Å². The molecule has 0 saturated heterocycles. The molecule has 1 heterocycles. The zero-order chi connectivity index (χ0) is 11.4. The maximum absolute atomic E-state index is 11.7. The van der Waals surface area contributed by atoms with Crippen molar-refractivity contribution in [1.82, 2.24) is 10.3 Å². The number of hydrogen-bond acceptors (Lipinski definition) is 2. The Hall–Kier alpha value is -0.810. The lowest BCUT2D eigenvalue weighted by molar-refractivity contribution is 0.0892. The Morgan fingerprint density at radius 1 is 1.67 bits per heavy atom. The van der Waals surface area contributed by atoms with Crippen LogP contribution in [0.2, 0.25) is 0 Å². The molecule has 84 valence electrons. The van der Waals surface area contributed by atoms with E-state index in [1.807, 2.05) is 13.8 Å². The Bertz CT molecular complexity index is 336. The summed E-state index contributed by atoms with van der Waals surface area (Å²) >= 11 is 3.25. The van der Waals surface area contributed by atoms with E-state index in [9.17, 15) is 4.79 Å². The number of carbonyl (C=O) groups excluding carboxylic acids is 1. The van der Waals surface area contributed by atoms with Crippen molar-refractivity contribution >= 4 is 21.8 Å². The van der Waals surface area contributed by atoms with Crippen LogP contribution in [-0.2, 0) is 0 Å². The SMILES string of the molecule is CC(C)[C@@H](CO)NC(=O)c1cc(Br)c[nH]1. The molecule has 5 heteroatoms. The van der Waals surface area contributed by atoms with E-state index in [1.54, 1.807) is 12.3 Å². The van der Waals surface area contributed by atoms with Gasteiger partial charge in [-0.05, 0) is 27.9 Å². The number of nitrogens with one attached hydrogen (secondary N) is 2. The molecule has 1 atom stereocenters. The van der Waals surface area contributed by atoms with Gasteiger partial charge in [0.1, 0.15) is 5.69 Å². The molecule has 1 aromatic heterocycles. The van der Waals surface area contributed by atoms with E-state index in [0.29, 0.717) is 5.69 Å². The lowest BCUT2D eigenvalue weighted by atomic mass is 10.1. The highest BCUT2D eigenvalue weighted by Gasteiger charge is 2.16. The molecule has 3 N–H and O–H groups in total. The summed E-state index contributed by atoms with van der Waals surface area (Å²) in [5.74, 6) is 0.00537. The van der Waals surface area contributed by atoms with Crippen LogP contribution in [-0.4, -0.2) is 28.6 Å². The molecule has 1 amide bonds. The lowest BCUT2D eigenvalue weighted by Crippen LogP contribution is -2.41. The van der Waals surface area contributed by atoms with Gasteiger partial charge in [-0.2, -0.15) is 0 Å². The molecule has 0 aliphatic heterocycles. The second-order valence-corrected chi connectivity index (χ2v) is 4.65. The minimum absolute atomic E-state index is 0.0503. The van der Waals surface area contributed by atoms with Gasteiger partial charge < -0.3 is 15.4 Å². The van der Waals surface area contributed by atoms with Crippen LogP contribution in [0.5, 0.6) is 0 Å². The summed E-state index contributed by atoms with van der Waals surface area (Å²) in [7, 11) is 0. The average molecular weight is 275 g/mol. The summed E-state index contributed by atoms with van der Waals surface area (Å²) in [5.41, 5.74) is 0.487. The van der Waals surface area contributed by atoms with Crippen molar-refractivity contribution in [3.8, 4) is 0 Å². The fraction of sp³-hybridized carbons (Fsp3) is 0.500. The predicted octanol–water partition coefficient (Wildman–Crippen LogP) is 1.52. The lowest BCUT2D eigenvalue weighted by Gasteiger charge is -2.19. The molecular formula is C10H15BrN2O2. The third-order valence-corrected chi connectivity index (χ3v) is 2.67. The molecule has 4 nitrogen and oxygen atoms in total. The molecule has 0 radical (unpaired) electrons. The van der Waals surface area contributed by atoms with Crippen LogP contribution in [0.15, 0.2) is 16.7 Å². The van der Waals surface area contributed by atoms with Crippen LogP contribution in [0, 0.1) is 5.92 Å². The van der Waals surface area contributed by atoms with E-state index in [4.69, 9.17) is 5.11 Å². The number of halogens is 1. The Kier molecular flexibility index (Phi) is 4.35. The Balaban J connectivity index is 2.62. The summed E-state index contributed by atoms with van der Waals surface area (Å²) in [6, 6.07) is 1.49. The van der Waals surface area contributed by atoms with Crippen molar-refractivity contribution in [2.75, 3.05) is 6.61 Å². The topological polar surface area (TPSA) is 65.1 Å². The maximum Gasteiger partial charge on any atom is 0.268 e. The van der Waals surface area contributed by atoms with E-state index in [-0.39, 0.29) is 24.5 Å². The second-order valence-electron chi connectivity index (χ2n) is 3.74. The number of hydrogen-bond donors (Lipinski definition) is 3. The molecule has 0 fully saturated rings. The molecule has 0 aliphatic carbocycles. The summed E-state index contributed by atoms with van der Waals surface area (Å²) in [6.45, 7) is 3.85. The van der Waals surface area contributed by atoms with E-state index in [0.717, 1.165) is 4.47 Å². The molecule has 0 aromatic carbocycles. The molecule has 0 unspecified atom stereocenters. The van der Waals surface area contributed by atoms with E-state index in [1.165, 1.54) is 0 Å². The minimum Gasteiger partial charge on any atom is -0.394 e. The van der Waals surface area contributed by atoms with Gasteiger partial charge in [-0.3, -0.25) is 4.79 Å². The maximum atomic E-state index is 11.7. The van der Waals surface area contributed by atoms with Gasteiger partial charge in [-0.25, -0.2) is 0 Å². The van der Waals surface area contributed by atoms with Crippen molar-refractivity contribution in [2.45, 2.75) is 19.9 Å². The first-order valence-electron chi connectivity index (χ1n) is 4.80. The number of H-pyrrole nitrogens is 1. The van der Waals surface area contributed by atoms with E-state index >= 15 is 0 Å². The smallest absolute Gasteiger partial charge is 0.268 e. The van der Waals surface area contributed by atoms with Crippen molar-refractivity contribution in [1.29, 1.82) is 0 Å². The van der Waals surface area contributed by atoms with Crippen molar-refractivity contribution in [3.63, 3.8) is 0 Å². The summed E-state index contributed by atoms with van der Waals surface area (Å²) in [4.78, 5) is 14.5. The van der Waals surface area contributed by atoms with Gasteiger partial charge in [-0.1, -0.05) is 13.8 Å². The standard InChI is InChI=1S/C10H15BrN2O2/c1-6(2)9(5-14)13-10(15)8-3-7(11)4-12-8/h3-4,6,9,12,14H,5H2,1-2H3,(H,13,15)/t9-/m1/s1. The molecule has 0 spiro atoms. The van der Waals surface area contributed by atoms with Crippen LogP contribution < -0.4 is 5.32 Å². The van der Waals surface area contributed by atoms with Crippen molar-refractivity contribution < 1.29 is 9.90 Å². The van der Waals surface area contributed by atoms with E-state index in [2.05, 4.69) is 26.2 Å². The van der Waals surface area contributed by atoms with Crippen LogP contribution in [0.25, 0.3) is 0 Å². The summed E-state index contributed by atoms with van der Waals surface area (Å²) in [6.07, 6.45) is 1.69. The number of rotatable bonds is 4. The molecule has 0 aliphatic rings. The van der Waals surface area contributed by atoms with Gasteiger partial charge >= 0.3 is 0 Å². The van der Waals surface area contributed by atoms with Crippen molar-refractivity contribution in [2.24, 2.45) is 5.92 Å². The number of amides is 1. The number of aliphatic hydroxyl groups is 1. The summed E-state index contributed by atoms with van der Waals surface area (Å²) in [5, 5.41) is 11.8. The molecule has 15 heavy (non-hydrogen) atoms. The first-order chi connectivity index (χ1) is 7.04. The van der Waals surface area contributed by atoms with E-state index < -0.39 is 0 Å². The van der Waals surface area contributed by atoms with Crippen LogP contribution in [0.3, 0.4) is 0 Å². The van der Waals surface area contributed by atoms with Gasteiger partial charge in [0, 0.05) is 10.7 Å². The zero-order valence-corrected chi connectivity index (χ0v) is 10.3. The highest BCUT2D eigenvalue weighted by molar-refractivity contribution is 9.10. The Morgan fingerprint density at radius 2 is 2.33 bits per heavy atom. The molecular weight excluding hydrogens is 260 g/mol. The second kappa shape index (κ2) is 5.32. The van der Waals surface area contributed by atoms with Crippen LogP contribution in [0.4, 0.5) is 0 Å². The quantitative estimate of drug-likeness (QED) is 0.780. The summed E-state index contributed by atoms with van der Waals surface area (Å²) < 4.78 is 0.831. The highest BCUT2D eigenvalue weighted by atomic mass is 79.9. The number of carbonyl (C=O) groups is 1. The monoisotopic (exact) mass is 274 g/mol. The predicted molar refractivity (Wildman–Crippen MR) is 61.7 cm³/mol. The third kappa shape index (κ3) is 3.35. The van der Waals surface area contributed by atoms with Gasteiger partial charge in [-0.15, -0.1) is 0 Å². The number of aromatic amines is 1. The molecule has 1 rings (SSSR count). The first kappa shape index (κ1) is 12.3. The average Bonchev–Trinajstić information content (AvgIpc) is 2.60. The van der Waals surface area contributed by atoms with Crippen LogP contribution in [0.1, 0.15) is 24.3 Å². The minimum atomic E-state index is -0.209.